The summed E-state index contributed by atoms with van der Waals surface area (Å²) in [4.78, 5) is 0. The summed E-state index contributed by atoms with van der Waals surface area (Å²) in [6, 6.07) is 16.7. The molecule has 1 unspecified atom stereocenters. The molecule has 2 aromatic rings. The van der Waals surface area contributed by atoms with Crippen molar-refractivity contribution >= 4 is 5.69 Å². The highest BCUT2D eigenvalue weighted by Crippen LogP contribution is 2.23. The summed E-state index contributed by atoms with van der Waals surface area (Å²) in [7, 11) is 0. The number of para-hydroxylation sites is 1. The Hall–Kier alpha value is -1.96. The standard InChI is InChI=1S/C19H25NO/c1-14(2)17-10-15(3)11-19(12-17)21-16(4)13-20-18-8-6-5-7-9-18/h5-12,14,16,20H,13H2,1-4H3. The number of nitrogens with one attached hydrogen (secondary N) is 1. The highest BCUT2D eigenvalue weighted by molar-refractivity contribution is 5.42. The third kappa shape index (κ3) is 4.82. The highest BCUT2D eigenvalue weighted by Gasteiger charge is 2.07. The van der Waals surface area contributed by atoms with Gasteiger partial charge in [-0.2, -0.15) is 0 Å². The van der Waals surface area contributed by atoms with E-state index in [9.17, 15) is 0 Å². The number of benzene rings is 2. The molecule has 1 N–H and O–H groups in total. The van der Waals surface area contributed by atoms with E-state index in [0.717, 1.165) is 18.0 Å². The van der Waals surface area contributed by atoms with Crippen molar-refractivity contribution in [2.75, 3.05) is 11.9 Å². The fourth-order valence-corrected chi connectivity index (χ4v) is 2.27. The zero-order valence-corrected chi connectivity index (χ0v) is 13.4. The normalized spacial score (nSPS) is 12.2. The van der Waals surface area contributed by atoms with Crippen molar-refractivity contribution in [1.82, 2.24) is 0 Å². The predicted octanol–water partition coefficient (Wildman–Crippen LogP) is 5.00. The van der Waals surface area contributed by atoms with E-state index < -0.39 is 0 Å². The van der Waals surface area contributed by atoms with Crippen molar-refractivity contribution in [3.8, 4) is 5.75 Å². The minimum absolute atomic E-state index is 0.118. The highest BCUT2D eigenvalue weighted by atomic mass is 16.5. The molecule has 0 aliphatic heterocycles. The van der Waals surface area contributed by atoms with Crippen LogP contribution in [0, 0.1) is 6.92 Å². The first kappa shape index (κ1) is 15.4. The molecule has 1 atom stereocenters. The maximum Gasteiger partial charge on any atom is 0.120 e. The maximum atomic E-state index is 6.05. The van der Waals surface area contributed by atoms with E-state index in [4.69, 9.17) is 4.74 Å². The molecule has 2 heteroatoms. The van der Waals surface area contributed by atoms with Gasteiger partial charge in [0.2, 0.25) is 0 Å². The molecule has 0 aliphatic rings. The summed E-state index contributed by atoms with van der Waals surface area (Å²) in [5, 5.41) is 3.39. The fourth-order valence-electron chi connectivity index (χ4n) is 2.27. The van der Waals surface area contributed by atoms with E-state index in [2.05, 4.69) is 63.3 Å². The van der Waals surface area contributed by atoms with Crippen LogP contribution in [0.5, 0.6) is 5.75 Å². The molecule has 0 radical (unpaired) electrons. The molecule has 0 amide bonds. The lowest BCUT2D eigenvalue weighted by Crippen LogP contribution is -2.22. The van der Waals surface area contributed by atoms with Crippen LogP contribution in [0.25, 0.3) is 0 Å². The molecule has 21 heavy (non-hydrogen) atoms. The van der Waals surface area contributed by atoms with Gasteiger partial charge in [0.05, 0.1) is 6.54 Å². The lowest BCUT2D eigenvalue weighted by Gasteiger charge is -2.18. The van der Waals surface area contributed by atoms with Gasteiger partial charge < -0.3 is 10.1 Å². The number of aryl methyl sites for hydroxylation is 1. The van der Waals surface area contributed by atoms with E-state index in [1.807, 2.05) is 18.2 Å². The van der Waals surface area contributed by atoms with Crippen LogP contribution in [0.2, 0.25) is 0 Å². The number of anilines is 1. The summed E-state index contributed by atoms with van der Waals surface area (Å²) in [6.45, 7) is 9.41. The Kier molecular flexibility index (Phi) is 5.26. The summed E-state index contributed by atoms with van der Waals surface area (Å²) in [5.41, 5.74) is 3.70. The summed E-state index contributed by atoms with van der Waals surface area (Å²) < 4.78 is 6.05. The van der Waals surface area contributed by atoms with Gasteiger partial charge >= 0.3 is 0 Å². The summed E-state index contributed by atoms with van der Waals surface area (Å²) >= 11 is 0. The van der Waals surface area contributed by atoms with Crippen LogP contribution in [-0.2, 0) is 0 Å². The van der Waals surface area contributed by atoms with Gasteiger partial charge in [-0.15, -0.1) is 0 Å². The van der Waals surface area contributed by atoms with Crippen molar-refractivity contribution in [1.29, 1.82) is 0 Å². The van der Waals surface area contributed by atoms with Crippen molar-refractivity contribution in [2.45, 2.75) is 39.7 Å². The monoisotopic (exact) mass is 283 g/mol. The van der Waals surface area contributed by atoms with E-state index in [-0.39, 0.29) is 6.10 Å². The van der Waals surface area contributed by atoms with Crippen LogP contribution in [0.1, 0.15) is 37.8 Å². The zero-order valence-electron chi connectivity index (χ0n) is 13.4. The lowest BCUT2D eigenvalue weighted by atomic mass is 10.0. The van der Waals surface area contributed by atoms with Crippen LogP contribution in [0.15, 0.2) is 48.5 Å². The van der Waals surface area contributed by atoms with E-state index in [0.29, 0.717) is 5.92 Å². The molecule has 0 saturated heterocycles. The molecule has 0 saturated carbocycles. The Bertz CT molecular complexity index is 563. The van der Waals surface area contributed by atoms with Crippen LogP contribution in [-0.4, -0.2) is 12.6 Å². The SMILES string of the molecule is Cc1cc(OC(C)CNc2ccccc2)cc(C(C)C)c1. The van der Waals surface area contributed by atoms with Crippen molar-refractivity contribution in [3.05, 3.63) is 59.7 Å². The number of rotatable bonds is 6. The first-order valence-corrected chi connectivity index (χ1v) is 7.62. The van der Waals surface area contributed by atoms with E-state index in [1.165, 1.54) is 11.1 Å². The summed E-state index contributed by atoms with van der Waals surface area (Å²) in [5.74, 6) is 1.48. The quantitative estimate of drug-likeness (QED) is 0.805. The maximum absolute atomic E-state index is 6.05. The van der Waals surface area contributed by atoms with Gasteiger partial charge in [0.1, 0.15) is 11.9 Å². The van der Waals surface area contributed by atoms with Crippen molar-refractivity contribution < 1.29 is 4.74 Å². The van der Waals surface area contributed by atoms with Crippen LogP contribution in [0.4, 0.5) is 5.69 Å². The molecule has 0 spiro atoms. The molecule has 2 aromatic carbocycles. The Morgan fingerprint density at radius 3 is 2.38 bits per heavy atom. The Balaban J connectivity index is 1.94. The van der Waals surface area contributed by atoms with E-state index >= 15 is 0 Å². The third-order valence-electron chi connectivity index (χ3n) is 3.44. The largest absolute Gasteiger partial charge is 0.489 e. The van der Waals surface area contributed by atoms with Gasteiger partial charge in [-0.05, 0) is 55.2 Å². The molecule has 0 fully saturated rings. The van der Waals surface area contributed by atoms with Gasteiger partial charge in [0.25, 0.3) is 0 Å². The third-order valence-corrected chi connectivity index (χ3v) is 3.44. The second-order valence-corrected chi connectivity index (χ2v) is 5.91. The van der Waals surface area contributed by atoms with Gasteiger partial charge in [-0.3, -0.25) is 0 Å². The van der Waals surface area contributed by atoms with Crippen LogP contribution >= 0.6 is 0 Å². The Morgan fingerprint density at radius 2 is 1.71 bits per heavy atom. The van der Waals surface area contributed by atoms with Gasteiger partial charge in [0.15, 0.2) is 0 Å². The zero-order chi connectivity index (χ0) is 15.2. The first-order chi connectivity index (χ1) is 10.0. The Labute approximate surface area is 128 Å². The molecule has 0 heterocycles. The topological polar surface area (TPSA) is 21.3 Å². The summed E-state index contributed by atoms with van der Waals surface area (Å²) in [6.07, 6.45) is 0.118. The molecular formula is C19H25NO. The van der Waals surface area contributed by atoms with Gasteiger partial charge in [-0.25, -0.2) is 0 Å². The van der Waals surface area contributed by atoms with Crippen molar-refractivity contribution in [2.24, 2.45) is 0 Å². The van der Waals surface area contributed by atoms with Crippen LogP contribution < -0.4 is 10.1 Å². The molecule has 2 rings (SSSR count). The van der Waals surface area contributed by atoms with Gasteiger partial charge in [0, 0.05) is 5.69 Å². The first-order valence-electron chi connectivity index (χ1n) is 7.62. The van der Waals surface area contributed by atoms with Gasteiger partial charge in [-0.1, -0.05) is 38.1 Å². The van der Waals surface area contributed by atoms with E-state index in [1.54, 1.807) is 0 Å². The molecule has 2 nitrogen and oxygen atoms in total. The molecule has 0 bridgehead atoms. The average molecular weight is 283 g/mol. The fraction of sp³-hybridized carbons (Fsp3) is 0.368. The van der Waals surface area contributed by atoms with Crippen LogP contribution in [0.3, 0.4) is 0 Å². The average Bonchev–Trinajstić information content (AvgIpc) is 2.45. The lowest BCUT2D eigenvalue weighted by molar-refractivity contribution is 0.234. The minimum atomic E-state index is 0.118. The molecule has 0 aromatic heterocycles. The van der Waals surface area contributed by atoms with Crippen molar-refractivity contribution in [3.63, 3.8) is 0 Å². The minimum Gasteiger partial charge on any atom is -0.489 e. The number of hydrogen-bond donors (Lipinski definition) is 1. The molecule has 0 aliphatic carbocycles. The smallest absolute Gasteiger partial charge is 0.120 e. The predicted molar refractivity (Wildman–Crippen MR) is 90.3 cm³/mol. The number of hydrogen-bond acceptors (Lipinski definition) is 2. The Morgan fingerprint density at radius 1 is 1.00 bits per heavy atom. The molecular weight excluding hydrogens is 258 g/mol. The second kappa shape index (κ2) is 7.16. The second-order valence-electron chi connectivity index (χ2n) is 5.91. The molecule has 112 valence electrons. The number of ether oxygens (including phenoxy) is 1.